The van der Waals surface area contributed by atoms with Crippen molar-refractivity contribution in [1.82, 2.24) is 0 Å². The van der Waals surface area contributed by atoms with Gasteiger partial charge in [-0.3, -0.25) is 0 Å². The minimum Gasteiger partial charge on any atom is -0.462 e. The van der Waals surface area contributed by atoms with Gasteiger partial charge in [0.1, 0.15) is 0 Å². The number of hydrogen-bond acceptors (Lipinski definition) is 6. The molecule has 0 aromatic heterocycles. The molecule has 48 heavy (non-hydrogen) atoms. The predicted molar refractivity (Wildman–Crippen MR) is 192 cm³/mol. The van der Waals surface area contributed by atoms with E-state index in [9.17, 15) is 14.4 Å². The average Bonchev–Trinajstić information content (AvgIpc) is 3.11. The molecule has 0 spiro atoms. The zero-order valence-corrected chi connectivity index (χ0v) is 28.2. The molecule has 250 valence electrons. The molecule has 0 heterocycles. The summed E-state index contributed by atoms with van der Waals surface area (Å²) in [5.74, 6) is -1.09. The quantitative estimate of drug-likeness (QED) is 0.0629. The lowest BCUT2D eigenvalue weighted by molar-refractivity contribution is 0.0488. The molecular weight excluding hydrogens is 600 g/mol. The Kier molecular flexibility index (Phi) is 13.7. The smallest absolute Gasteiger partial charge is 0.338 e. The standard InChI is InChI=1S/C42H46O6/c1-5-8-10-12-22-47-41(44)37-25-30(4)24-35(26-37)33-18-14-31(15-19-33)32-16-20-34(21-17-32)36-27-38(40(43)46-7-3)29-39(28-36)42(45)48-23-13-11-9-6-2/h5-6,14-18,20-21,24-29,33H,1-2,7-13,19,22-23H2,3-4H3. The van der Waals surface area contributed by atoms with E-state index in [1.165, 1.54) is 6.07 Å². The van der Waals surface area contributed by atoms with Crippen LogP contribution in [-0.4, -0.2) is 37.7 Å². The summed E-state index contributed by atoms with van der Waals surface area (Å²) < 4.78 is 16.2. The monoisotopic (exact) mass is 646 g/mol. The van der Waals surface area contributed by atoms with Crippen LogP contribution in [0.2, 0.25) is 0 Å². The van der Waals surface area contributed by atoms with E-state index in [4.69, 9.17) is 14.2 Å². The van der Waals surface area contributed by atoms with Crippen molar-refractivity contribution in [2.45, 2.75) is 64.7 Å². The van der Waals surface area contributed by atoms with Crippen LogP contribution in [0.3, 0.4) is 0 Å². The maximum atomic E-state index is 12.9. The molecule has 1 aliphatic rings. The molecular formula is C42H46O6. The molecule has 4 rings (SSSR count). The maximum absolute atomic E-state index is 12.9. The first-order valence-corrected chi connectivity index (χ1v) is 16.8. The highest BCUT2D eigenvalue weighted by molar-refractivity contribution is 5.97. The summed E-state index contributed by atoms with van der Waals surface area (Å²) in [7, 11) is 0. The van der Waals surface area contributed by atoms with E-state index in [0.717, 1.165) is 78.3 Å². The summed E-state index contributed by atoms with van der Waals surface area (Å²) >= 11 is 0. The summed E-state index contributed by atoms with van der Waals surface area (Å²) in [6, 6.07) is 19.0. The number of aryl methyl sites for hydroxylation is 1. The van der Waals surface area contributed by atoms with Gasteiger partial charge in [0.05, 0.1) is 36.5 Å². The van der Waals surface area contributed by atoms with Gasteiger partial charge in [-0.25, -0.2) is 14.4 Å². The predicted octanol–water partition coefficient (Wildman–Crippen LogP) is 9.99. The van der Waals surface area contributed by atoms with E-state index in [1.54, 1.807) is 19.1 Å². The Hall–Kier alpha value is -4.97. The van der Waals surface area contributed by atoms with Gasteiger partial charge in [0.2, 0.25) is 0 Å². The fraction of sp³-hybridized carbons (Fsp3) is 0.310. The normalized spacial score (nSPS) is 13.7. The fourth-order valence-electron chi connectivity index (χ4n) is 5.60. The van der Waals surface area contributed by atoms with Gasteiger partial charge in [-0.05, 0) is 123 Å². The van der Waals surface area contributed by atoms with Crippen molar-refractivity contribution >= 4 is 23.5 Å². The third-order valence-electron chi connectivity index (χ3n) is 8.17. The zero-order chi connectivity index (χ0) is 34.3. The number of ether oxygens (including phenoxy) is 3. The molecule has 0 N–H and O–H groups in total. The van der Waals surface area contributed by atoms with E-state index in [2.05, 4.69) is 37.5 Å². The highest BCUT2D eigenvalue weighted by Gasteiger charge is 2.18. The van der Waals surface area contributed by atoms with Crippen LogP contribution in [-0.2, 0) is 14.2 Å². The first-order valence-electron chi connectivity index (χ1n) is 16.8. The second-order valence-corrected chi connectivity index (χ2v) is 11.9. The Balaban J connectivity index is 1.45. The Morgan fingerprint density at radius 2 is 1.27 bits per heavy atom. The highest BCUT2D eigenvalue weighted by atomic mass is 16.5. The molecule has 0 bridgehead atoms. The van der Waals surface area contributed by atoms with Gasteiger partial charge in [-0.15, -0.1) is 13.2 Å². The topological polar surface area (TPSA) is 78.9 Å². The number of hydrogen-bond donors (Lipinski definition) is 0. The van der Waals surface area contributed by atoms with Crippen molar-refractivity contribution in [3.05, 3.63) is 138 Å². The van der Waals surface area contributed by atoms with E-state index in [0.29, 0.717) is 29.9 Å². The maximum Gasteiger partial charge on any atom is 0.338 e. The van der Waals surface area contributed by atoms with Gasteiger partial charge >= 0.3 is 17.9 Å². The Labute approximate surface area is 284 Å². The molecule has 0 saturated carbocycles. The lowest BCUT2D eigenvalue weighted by Gasteiger charge is -2.18. The molecule has 0 aliphatic heterocycles. The molecule has 0 fully saturated rings. The number of unbranched alkanes of at least 4 members (excludes halogenated alkanes) is 4. The van der Waals surface area contributed by atoms with E-state index in [1.807, 2.05) is 55.5 Å². The van der Waals surface area contributed by atoms with Gasteiger partial charge in [0.15, 0.2) is 0 Å². The Bertz CT molecular complexity index is 1660. The van der Waals surface area contributed by atoms with E-state index in [-0.39, 0.29) is 18.5 Å². The van der Waals surface area contributed by atoms with Gasteiger partial charge in [0.25, 0.3) is 0 Å². The van der Waals surface area contributed by atoms with Crippen molar-refractivity contribution in [3.8, 4) is 11.1 Å². The highest BCUT2D eigenvalue weighted by Crippen LogP contribution is 2.33. The summed E-state index contributed by atoms with van der Waals surface area (Å²) in [6.45, 7) is 12.1. The third kappa shape index (κ3) is 10.3. The number of allylic oxidation sites excluding steroid dienone is 6. The Morgan fingerprint density at radius 3 is 1.81 bits per heavy atom. The van der Waals surface area contributed by atoms with Gasteiger partial charge in [-0.2, -0.15) is 0 Å². The second-order valence-electron chi connectivity index (χ2n) is 11.9. The second kappa shape index (κ2) is 18.4. The first-order chi connectivity index (χ1) is 23.3. The summed E-state index contributed by atoms with van der Waals surface area (Å²) in [6.07, 6.45) is 16.2. The molecule has 0 saturated heterocycles. The number of carbonyl (C=O) groups excluding carboxylic acids is 3. The summed E-state index contributed by atoms with van der Waals surface area (Å²) in [5.41, 5.74) is 7.05. The van der Waals surface area contributed by atoms with Crippen molar-refractivity contribution in [3.63, 3.8) is 0 Å². The average molecular weight is 647 g/mol. The van der Waals surface area contributed by atoms with Crippen LogP contribution in [0.25, 0.3) is 16.7 Å². The molecule has 6 nitrogen and oxygen atoms in total. The van der Waals surface area contributed by atoms with Crippen molar-refractivity contribution < 1.29 is 28.6 Å². The number of benzene rings is 3. The minimum absolute atomic E-state index is 0.151. The molecule has 0 amide bonds. The van der Waals surface area contributed by atoms with Crippen LogP contribution in [0.5, 0.6) is 0 Å². The summed E-state index contributed by atoms with van der Waals surface area (Å²) in [4.78, 5) is 38.3. The zero-order valence-electron chi connectivity index (χ0n) is 28.2. The van der Waals surface area contributed by atoms with Gasteiger partial charge < -0.3 is 14.2 Å². The first kappa shape index (κ1) is 35.9. The molecule has 3 aromatic carbocycles. The van der Waals surface area contributed by atoms with Crippen LogP contribution in [0, 0.1) is 6.92 Å². The van der Waals surface area contributed by atoms with Crippen LogP contribution in [0.4, 0.5) is 0 Å². The molecule has 1 atom stereocenters. The van der Waals surface area contributed by atoms with Crippen molar-refractivity contribution in [2.24, 2.45) is 0 Å². The van der Waals surface area contributed by atoms with Crippen molar-refractivity contribution in [2.75, 3.05) is 19.8 Å². The van der Waals surface area contributed by atoms with E-state index >= 15 is 0 Å². The molecule has 3 aromatic rings. The van der Waals surface area contributed by atoms with Crippen LogP contribution in [0.15, 0.2) is 104 Å². The SMILES string of the molecule is C=CCCCCOC(=O)c1cc(C(=O)OCC)cc(-c2ccc(C3=CCC(c4cc(C)cc(C(=O)OCCCCC=C)c4)C=C3)cc2)c1. The largest absolute Gasteiger partial charge is 0.462 e. The molecule has 1 aliphatic carbocycles. The van der Waals surface area contributed by atoms with Crippen LogP contribution in [0.1, 0.15) is 106 Å². The lowest BCUT2D eigenvalue weighted by atomic mass is 9.86. The number of carbonyl (C=O) groups is 3. The van der Waals surface area contributed by atoms with Crippen LogP contribution < -0.4 is 0 Å². The molecule has 1 unspecified atom stereocenters. The Morgan fingerprint density at radius 1 is 0.708 bits per heavy atom. The van der Waals surface area contributed by atoms with Crippen molar-refractivity contribution in [1.29, 1.82) is 0 Å². The fourth-order valence-corrected chi connectivity index (χ4v) is 5.60. The molecule has 6 heteroatoms. The lowest BCUT2D eigenvalue weighted by Crippen LogP contribution is -2.10. The van der Waals surface area contributed by atoms with Gasteiger partial charge in [0, 0.05) is 5.92 Å². The summed E-state index contributed by atoms with van der Waals surface area (Å²) in [5, 5.41) is 0. The van der Waals surface area contributed by atoms with Crippen LogP contribution >= 0.6 is 0 Å². The molecule has 0 radical (unpaired) electrons. The third-order valence-corrected chi connectivity index (χ3v) is 8.17. The minimum atomic E-state index is -0.486. The number of rotatable bonds is 17. The van der Waals surface area contributed by atoms with Gasteiger partial charge in [-0.1, -0.05) is 60.7 Å². The number of esters is 3. The van der Waals surface area contributed by atoms with E-state index < -0.39 is 11.9 Å².